The number of halogens is 1. The first-order chi connectivity index (χ1) is 6.66. The number of alkyl halides is 1. The van der Waals surface area contributed by atoms with Crippen LogP contribution >= 0.6 is 11.6 Å². The molecule has 0 radical (unpaired) electrons. The van der Waals surface area contributed by atoms with Crippen LogP contribution in [0, 0.1) is 5.92 Å². The van der Waals surface area contributed by atoms with E-state index >= 15 is 0 Å². The minimum Gasteiger partial charge on any atom is -0.340 e. The second kappa shape index (κ2) is 5.59. The van der Waals surface area contributed by atoms with E-state index in [4.69, 9.17) is 11.6 Å². The predicted molar refractivity (Wildman–Crippen MR) is 59.5 cm³/mol. The zero-order valence-electron chi connectivity index (χ0n) is 9.13. The van der Waals surface area contributed by atoms with Crippen molar-refractivity contribution in [3.63, 3.8) is 0 Å². The molecule has 0 aromatic heterocycles. The van der Waals surface area contributed by atoms with Crippen LogP contribution in [0.1, 0.15) is 39.5 Å². The molecule has 2 atom stereocenters. The van der Waals surface area contributed by atoms with Crippen LogP contribution < -0.4 is 0 Å². The molecule has 0 N–H and O–H groups in total. The molecule has 82 valence electrons. The highest BCUT2D eigenvalue weighted by molar-refractivity contribution is 6.19. The first-order valence-corrected chi connectivity index (χ1v) is 6.06. The van der Waals surface area contributed by atoms with Gasteiger partial charge in [0.2, 0.25) is 5.91 Å². The van der Waals surface area contributed by atoms with Gasteiger partial charge in [0, 0.05) is 24.4 Å². The van der Waals surface area contributed by atoms with Crippen molar-refractivity contribution in [2.24, 2.45) is 5.92 Å². The summed E-state index contributed by atoms with van der Waals surface area (Å²) in [6.45, 7) is 4.97. The number of amides is 1. The number of hydrogen-bond acceptors (Lipinski definition) is 1. The molecule has 0 aliphatic carbocycles. The summed E-state index contributed by atoms with van der Waals surface area (Å²) in [7, 11) is 0. The second-order valence-corrected chi connectivity index (χ2v) is 4.59. The molecular formula is C11H20ClNO. The molecule has 0 spiro atoms. The third kappa shape index (κ3) is 2.88. The Morgan fingerprint density at radius 1 is 1.50 bits per heavy atom. The van der Waals surface area contributed by atoms with Crippen molar-refractivity contribution in [3.8, 4) is 0 Å². The molecule has 1 amide bonds. The monoisotopic (exact) mass is 217 g/mol. The van der Waals surface area contributed by atoms with E-state index in [1.807, 2.05) is 11.8 Å². The lowest BCUT2D eigenvalue weighted by molar-refractivity contribution is -0.136. The summed E-state index contributed by atoms with van der Waals surface area (Å²) in [6, 6.07) is 0.399. The first-order valence-electron chi connectivity index (χ1n) is 5.53. The largest absolute Gasteiger partial charge is 0.340 e. The van der Waals surface area contributed by atoms with Gasteiger partial charge in [0.05, 0.1) is 0 Å². The zero-order valence-corrected chi connectivity index (χ0v) is 9.89. The smallest absolute Gasteiger partial charge is 0.226 e. The highest BCUT2D eigenvalue weighted by Crippen LogP contribution is 2.18. The van der Waals surface area contributed by atoms with Crippen molar-refractivity contribution < 1.29 is 4.79 Å². The molecule has 0 aromatic rings. The Morgan fingerprint density at radius 2 is 2.21 bits per heavy atom. The summed E-state index contributed by atoms with van der Waals surface area (Å²) in [5.74, 6) is 0.633. The lowest BCUT2D eigenvalue weighted by Crippen LogP contribution is -2.41. The highest BCUT2D eigenvalue weighted by Gasteiger charge is 2.25. The Bertz CT molecular complexity index is 196. The van der Waals surface area contributed by atoms with Crippen molar-refractivity contribution >= 4 is 17.5 Å². The molecule has 1 heterocycles. The summed E-state index contributed by atoms with van der Waals surface area (Å²) in [5, 5.41) is 0. The lowest BCUT2D eigenvalue weighted by Gasteiger charge is -2.29. The Balaban J connectivity index is 2.58. The Kier molecular flexibility index (Phi) is 4.73. The van der Waals surface area contributed by atoms with Crippen LogP contribution in [0.4, 0.5) is 0 Å². The third-order valence-corrected chi connectivity index (χ3v) is 3.45. The number of rotatable bonds is 2. The number of carbonyl (C=O) groups is 1. The van der Waals surface area contributed by atoms with E-state index in [1.165, 1.54) is 12.8 Å². The third-order valence-electron chi connectivity index (χ3n) is 2.99. The molecule has 3 heteroatoms. The van der Waals surface area contributed by atoms with Crippen LogP contribution in [0.5, 0.6) is 0 Å². The van der Waals surface area contributed by atoms with Crippen molar-refractivity contribution in [1.82, 2.24) is 4.90 Å². The Labute approximate surface area is 91.6 Å². The van der Waals surface area contributed by atoms with Gasteiger partial charge in [-0.25, -0.2) is 0 Å². The van der Waals surface area contributed by atoms with E-state index in [0.29, 0.717) is 11.9 Å². The van der Waals surface area contributed by atoms with Crippen molar-refractivity contribution in [2.75, 3.05) is 12.4 Å². The molecule has 1 saturated heterocycles. The number of nitrogens with zero attached hydrogens (tertiary/aromatic N) is 1. The number of carbonyl (C=O) groups excluding carboxylic acids is 1. The average molecular weight is 218 g/mol. The molecule has 1 fully saturated rings. The van der Waals surface area contributed by atoms with Crippen molar-refractivity contribution in [1.29, 1.82) is 0 Å². The van der Waals surface area contributed by atoms with Gasteiger partial charge in [0.25, 0.3) is 0 Å². The maximum atomic E-state index is 11.9. The fraction of sp³-hybridized carbons (Fsp3) is 0.909. The highest BCUT2D eigenvalue weighted by atomic mass is 35.5. The van der Waals surface area contributed by atoms with E-state index in [1.54, 1.807) is 0 Å². The second-order valence-electron chi connectivity index (χ2n) is 4.29. The van der Waals surface area contributed by atoms with Crippen LogP contribution in [0.2, 0.25) is 0 Å². The van der Waals surface area contributed by atoms with Gasteiger partial charge in [-0.1, -0.05) is 19.8 Å². The summed E-state index contributed by atoms with van der Waals surface area (Å²) in [5.41, 5.74) is 0. The number of hydrogen-bond donors (Lipinski definition) is 0. The van der Waals surface area contributed by atoms with Crippen LogP contribution in [0.25, 0.3) is 0 Å². The minimum atomic E-state index is -0.0304. The van der Waals surface area contributed by atoms with Crippen LogP contribution in [0.15, 0.2) is 0 Å². The molecule has 0 bridgehead atoms. The van der Waals surface area contributed by atoms with E-state index in [9.17, 15) is 4.79 Å². The van der Waals surface area contributed by atoms with E-state index in [-0.39, 0.29) is 11.8 Å². The summed E-state index contributed by atoms with van der Waals surface area (Å²) in [4.78, 5) is 13.9. The van der Waals surface area contributed by atoms with Crippen molar-refractivity contribution in [3.05, 3.63) is 0 Å². The van der Waals surface area contributed by atoms with Crippen molar-refractivity contribution in [2.45, 2.75) is 45.6 Å². The van der Waals surface area contributed by atoms with Gasteiger partial charge in [0.15, 0.2) is 0 Å². The molecule has 0 aromatic carbocycles. The van der Waals surface area contributed by atoms with Gasteiger partial charge in [-0.3, -0.25) is 4.79 Å². The maximum Gasteiger partial charge on any atom is 0.226 e. The quantitative estimate of drug-likeness (QED) is 0.652. The lowest BCUT2D eigenvalue weighted by atomic mass is 10.1. The Morgan fingerprint density at radius 3 is 2.86 bits per heavy atom. The average Bonchev–Trinajstić information content (AvgIpc) is 2.40. The van der Waals surface area contributed by atoms with Gasteiger partial charge in [-0.05, 0) is 19.8 Å². The Hall–Kier alpha value is -0.240. The topological polar surface area (TPSA) is 20.3 Å². The maximum absolute atomic E-state index is 11.9. The summed E-state index contributed by atoms with van der Waals surface area (Å²) < 4.78 is 0. The molecular weight excluding hydrogens is 198 g/mol. The normalized spacial score (nSPS) is 25.6. The van der Waals surface area contributed by atoms with E-state index in [0.717, 1.165) is 19.4 Å². The van der Waals surface area contributed by atoms with Gasteiger partial charge >= 0.3 is 0 Å². The zero-order chi connectivity index (χ0) is 10.6. The minimum absolute atomic E-state index is 0.0304. The first kappa shape index (κ1) is 11.8. The van der Waals surface area contributed by atoms with Gasteiger partial charge in [-0.15, -0.1) is 11.6 Å². The van der Waals surface area contributed by atoms with Gasteiger partial charge in [0.1, 0.15) is 0 Å². The van der Waals surface area contributed by atoms with Gasteiger partial charge < -0.3 is 4.90 Å². The predicted octanol–water partition coefficient (Wildman–Crippen LogP) is 2.65. The standard InChI is InChI=1S/C11H20ClNO/c1-9(8-12)11(14)13-7-5-3-4-6-10(13)2/h9-10H,3-8H2,1-2H3. The van der Waals surface area contributed by atoms with E-state index < -0.39 is 0 Å². The molecule has 14 heavy (non-hydrogen) atoms. The molecule has 2 unspecified atom stereocenters. The molecule has 1 aliphatic heterocycles. The van der Waals surface area contributed by atoms with Crippen LogP contribution in [-0.4, -0.2) is 29.3 Å². The summed E-state index contributed by atoms with van der Waals surface area (Å²) in [6.07, 6.45) is 4.79. The van der Waals surface area contributed by atoms with Gasteiger partial charge in [-0.2, -0.15) is 0 Å². The molecule has 0 saturated carbocycles. The van der Waals surface area contributed by atoms with Crippen LogP contribution in [-0.2, 0) is 4.79 Å². The molecule has 1 aliphatic rings. The SMILES string of the molecule is CC(CCl)C(=O)N1CCCCCC1C. The number of likely N-dealkylation sites (tertiary alicyclic amines) is 1. The van der Waals surface area contributed by atoms with Crippen LogP contribution in [0.3, 0.4) is 0 Å². The summed E-state index contributed by atoms with van der Waals surface area (Å²) >= 11 is 5.71. The molecule has 1 rings (SSSR count). The fourth-order valence-corrected chi connectivity index (χ4v) is 2.08. The fourth-order valence-electron chi connectivity index (χ4n) is 1.95. The molecule has 2 nitrogen and oxygen atoms in total. The van der Waals surface area contributed by atoms with E-state index in [2.05, 4.69) is 6.92 Å².